The lowest BCUT2D eigenvalue weighted by molar-refractivity contribution is 0.0943. The van der Waals surface area contributed by atoms with Crippen LogP contribution < -0.4 is 10.1 Å². The number of carbonyl (C=O) groups is 1. The number of nitrogens with zero attached hydrogens (tertiary/aromatic N) is 2. The molecule has 5 nitrogen and oxygen atoms in total. The van der Waals surface area contributed by atoms with Crippen molar-refractivity contribution in [2.24, 2.45) is 0 Å². The molecule has 0 spiro atoms. The molecule has 0 aliphatic rings. The lowest BCUT2D eigenvalue weighted by Gasteiger charge is -2.19. The molecule has 7 heteroatoms. The number of amides is 1. The van der Waals surface area contributed by atoms with E-state index in [9.17, 15) is 9.18 Å². The van der Waals surface area contributed by atoms with E-state index >= 15 is 0 Å². The molecule has 1 N–H and O–H groups in total. The smallest absolute Gasteiger partial charge is 0.252 e. The zero-order valence-electron chi connectivity index (χ0n) is 16.5. The number of benzene rings is 2. The number of hydrogen-bond donors (Lipinski definition) is 1. The number of rotatable bonds is 6. The first-order chi connectivity index (χ1) is 14.5. The Balaban J connectivity index is 1.63. The summed E-state index contributed by atoms with van der Waals surface area (Å²) >= 11 is 1.53. The second-order valence-electron chi connectivity index (χ2n) is 6.78. The van der Waals surface area contributed by atoms with Crippen LogP contribution in [0.1, 0.15) is 32.5 Å². The highest BCUT2D eigenvalue weighted by atomic mass is 32.1. The third-order valence-electron chi connectivity index (χ3n) is 4.74. The highest BCUT2D eigenvalue weighted by molar-refractivity contribution is 7.10. The highest BCUT2D eigenvalue weighted by Gasteiger charge is 2.20. The molecule has 4 aromatic rings. The minimum absolute atomic E-state index is 0.246. The van der Waals surface area contributed by atoms with Gasteiger partial charge in [0, 0.05) is 16.6 Å². The summed E-state index contributed by atoms with van der Waals surface area (Å²) in [6.07, 6.45) is 3.59. The number of thiophene rings is 1. The van der Waals surface area contributed by atoms with Crippen LogP contribution in [-0.4, -0.2) is 22.6 Å². The second-order valence-corrected chi connectivity index (χ2v) is 7.76. The Morgan fingerprint density at radius 3 is 2.63 bits per heavy atom. The Morgan fingerprint density at radius 2 is 2.00 bits per heavy atom. The quantitative estimate of drug-likeness (QED) is 0.481. The van der Waals surface area contributed by atoms with Gasteiger partial charge in [-0.05, 0) is 54.3 Å². The van der Waals surface area contributed by atoms with Gasteiger partial charge in [-0.15, -0.1) is 11.3 Å². The molecule has 152 valence electrons. The van der Waals surface area contributed by atoms with Crippen molar-refractivity contribution in [3.8, 4) is 11.4 Å². The van der Waals surface area contributed by atoms with Gasteiger partial charge in [-0.2, -0.15) is 0 Å². The van der Waals surface area contributed by atoms with Crippen molar-refractivity contribution in [3.05, 3.63) is 100 Å². The third-order valence-corrected chi connectivity index (χ3v) is 5.68. The van der Waals surface area contributed by atoms with Gasteiger partial charge in [0.1, 0.15) is 11.6 Å². The maximum atomic E-state index is 13.4. The summed E-state index contributed by atoms with van der Waals surface area (Å²) < 4.78 is 20.7. The lowest BCUT2D eigenvalue weighted by atomic mass is 10.0. The molecule has 0 radical (unpaired) electrons. The maximum absolute atomic E-state index is 13.4. The number of aryl methyl sites for hydroxylation is 1. The fraction of sp³-hybridized carbons (Fsp3) is 0.130. The fourth-order valence-electron chi connectivity index (χ4n) is 3.23. The standard InChI is InChI=1S/C23H20FN3O2S/c1-15-13-27(14-25-15)19-10-7-17(12-20(19)29-2)23(28)26-22(21-4-3-11-30-21)16-5-8-18(24)9-6-16/h3-14,22H,1-2H3,(H,26,28). The van der Waals surface area contributed by atoms with E-state index in [2.05, 4.69) is 10.3 Å². The molecule has 0 fully saturated rings. The van der Waals surface area contributed by atoms with Crippen LogP contribution in [0.15, 0.2) is 72.5 Å². The molecule has 4 rings (SSSR count). The summed E-state index contributed by atoms with van der Waals surface area (Å²) in [5.41, 5.74) is 2.96. The molecule has 2 aromatic heterocycles. The molecule has 1 atom stereocenters. The number of methoxy groups -OCH3 is 1. The van der Waals surface area contributed by atoms with Crippen molar-refractivity contribution in [1.82, 2.24) is 14.9 Å². The first kappa shape index (κ1) is 19.8. The first-order valence-corrected chi connectivity index (χ1v) is 10.2. The SMILES string of the molecule is COc1cc(C(=O)NC(c2ccc(F)cc2)c2cccs2)ccc1-n1cnc(C)c1. The van der Waals surface area contributed by atoms with E-state index in [0.717, 1.165) is 21.8 Å². The van der Waals surface area contributed by atoms with Gasteiger partial charge in [0.25, 0.3) is 5.91 Å². The summed E-state index contributed by atoms with van der Waals surface area (Å²) in [6.45, 7) is 1.91. The average Bonchev–Trinajstić information content (AvgIpc) is 3.44. The summed E-state index contributed by atoms with van der Waals surface area (Å²) in [6, 6.07) is 14.9. The van der Waals surface area contributed by atoms with Gasteiger partial charge in [-0.3, -0.25) is 4.79 Å². The van der Waals surface area contributed by atoms with Gasteiger partial charge in [0.05, 0.1) is 30.9 Å². The monoisotopic (exact) mass is 421 g/mol. The van der Waals surface area contributed by atoms with Crippen molar-refractivity contribution in [3.63, 3.8) is 0 Å². The third kappa shape index (κ3) is 4.11. The topological polar surface area (TPSA) is 56.1 Å². The van der Waals surface area contributed by atoms with Gasteiger partial charge >= 0.3 is 0 Å². The highest BCUT2D eigenvalue weighted by Crippen LogP contribution is 2.28. The van der Waals surface area contributed by atoms with Crippen LogP contribution in [0.25, 0.3) is 5.69 Å². The minimum atomic E-state index is -0.375. The van der Waals surface area contributed by atoms with Crippen molar-refractivity contribution in [1.29, 1.82) is 0 Å². The summed E-state index contributed by atoms with van der Waals surface area (Å²) in [5.74, 6) is 0.00367. The molecule has 2 heterocycles. The Morgan fingerprint density at radius 1 is 1.20 bits per heavy atom. The molecule has 1 unspecified atom stereocenters. The van der Waals surface area contributed by atoms with Crippen LogP contribution >= 0.6 is 11.3 Å². The van der Waals surface area contributed by atoms with Crippen molar-refractivity contribution >= 4 is 17.2 Å². The zero-order chi connectivity index (χ0) is 21.1. The molecular formula is C23H20FN3O2S. The summed E-state index contributed by atoms with van der Waals surface area (Å²) in [4.78, 5) is 18.3. The van der Waals surface area contributed by atoms with Crippen LogP contribution in [0.4, 0.5) is 4.39 Å². The van der Waals surface area contributed by atoms with Gasteiger partial charge in [0.15, 0.2) is 0 Å². The molecule has 30 heavy (non-hydrogen) atoms. The number of hydrogen-bond acceptors (Lipinski definition) is 4. The number of carbonyl (C=O) groups excluding carboxylic acids is 1. The largest absolute Gasteiger partial charge is 0.495 e. The number of ether oxygens (including phenoxy) is 1. The Kier molecular flexibility index (Phi) is 5.63. The van der Waals surface area contributed by atoms with E-state index in [0.29, 0.717) is 11.3 Å². The molecule has 0 aliphatic heterocycles. The van der Waals surface area contributed by atoms with Gasteiger partial charge in [-0.25, -0.2) is 9.37 Å². The van der Waals surface area contributed by atoms with E-state index in [1.807, 2.05) is 41.3 Å². The number of nitrogens with one attached hydrogen (secondary N) is 1. The summed E-state index contributed by atoms with van der Waals surface area (Å²) in [5, 5.41) is 5.01. The van der Waals surface area contributed by atoms with Gasteiger partial charge in [-0.1, -0.05) is 18.2 Å². The van der Waals surface area contributed by atoms with Crippen LogP contribution in [0.3, 0.4) is 0 Å². The van der Waals surface area contributed by atoms with E-state index in [-0.39, 0.29) is 17.8 Å². The molecule has 0 aliphatic carbocycles. The Hall–Kier alpha value is -3.45. The van der Waals surface area contributed by atoms with E-state index in [4.69, 9.17) is 4.74 Å². The van der Waals surface area contributed by atoms with Crippen LogP contribution in [0.5, 0.6) is 5.75 Å². The predicted molar refractivity (Wildman–Crippen MR) is 115 cm³/mol. The molecule has 2 aromatic carbocycles. The van der Waals surface area contributed by atoms with Crippen LogP contribution in [0.2, 0.25) is 0 Å². The van der Waals surface area contributed by atoms with Crippen molar-refractivity contribution in [2.75, 3.05) is 7.11 Å². The van der Waals surface area contributed by atoms with Crippen molar-refractivity contribution in [2.45, 2.75) is 13.0 Å². The molecule has 1 amide bonds. The normalized spacial score (nSPS) is 11.8. The molecular weight excluding hydrogens is 401 g/mol. The van der Waals surface area contributed by atoms with Crippen LogP contribution in [-0.2, 0) is 0 Å². The zero-order valence-corrected chi connectivity index (χ0v) is 17.3. The number of halogens is 1. The van der Waals surface area contributed by atoms with Gasteiger partial charge < -0.3 is 14.6 Å². The molecule has 0 saturated carbocycles. The van der Waals surface area contributed by atoms with Crippen molar-refractivity contribution < 1.29 is 13.9 Å². The average molecular weight is 421 g/mol. The minimum Gasteiger partial charge on any atom is -0.495 e. The first-order valence-electron chi connectivity index (χ1n) is 9.34. The lowest BCUT2D eigenvalue weighted by Crippen LogP contribution is -2.28. The molecule has 0 saturated heterocycles. The fourth-order valence-corrected chi connectivity index (χ4v) is 4.03. The van der Waals surface area contributed by atoms with E-state index in [1.54, 1.807) is 37.7 Å². The maximum Gasteiger partial charge on any atom is 0.252 e. The number of aromatic nitrogens is 2. The van der Waals surface area contributed by atoms with E-state index in [1.165, 1.54) is 23.5 Å². The summed E-state index contributed by atoms with van der Waals surface area (Å²) in [7, 11) is 1.57. The second kappa shape index (κ2) is 8.51. The molecule has 0 bridgehead atoms. The van der Waals surface area contributed by atoms with Gasteiger partial charge in [0.2, 0.25) is 0 Å². The van der Waals surface area contributed by atoms with Crippen LogP contribution in [0, 0.1) is 12.7 Å². The number of imidazole rings is 1. The Bertz CT molecular complexity index is 1150. The Labute approximate surface area is 177 Å². The predicted octanol–water partition coefficient (Wildman–Crippen LogP) is 4.91. The van der Waals surface area contributed by atoms with E-state index < -0.39 is 0 Å².